The summed E-state index contributed by atoms with van der Waals surface area (Å²) < 4.78 is 0. The monoisotopic (exact) mass is 265 g/mol. The fourth-order valence-electron chi connectivity index (χ4n) is 2.51. The van der Waals surface area contributed by atoms with Gasteiger partial charge in [-0.25, -0.2) is 0 Å². The van der Waals surface area contributed by atoms with E-state index in [0.29, 0.717) is 10.4 Å². The Balaban J connectivity index is 2.07. The second-order valence-corrected chi connectivity index (χ2v) is 6.37. The fourth-order valence-corrected chi connectivity index (χ4v) is 2.63. The van der Waals surface area contributed by atoms with E-state index in [4.69, 9.17) is 11.6 Å². The highest BCUT2D eigenvalue weighted by atomic mass is 35.5. The van der Waals surface area contributed by atoms with Crippen LogP contribution in [-0.4, -0.2) is 29.8 Å². The van der Waals surface area contributed by atoms with E-state index in [9.17, 15) is 4.79 Å². The average molecular weight is 266 g/mol. The second-order valence-electron chi connectivity index (χ2n) is 5.93. The Labute approximate surface area is 114 Å². The quantitative estimate of drug-likeness (QED) is 0.778. The molecule has 1 atom stereocenters. The maximum Gasteiger partial charge on any atom is 0.179 e. The number of hydrogen-bond acceptors (Lipinski definition) is 2. The predicted molar refractivity (Wildman–Crippen MR) is 75.2 cm³/mol. The van der Waals surface area contributed by atoms with Gasteiger partial charge in [0.2, 0.25) is 0 Å². The van der Waals surface area contributed by atoms with Crippen molar-refractivity contribution in [3.8, 4) is 0 Å². The molecule has 3 heteroatoms. The first-order valence-corrected chi connectivity index (χ1v) is 6.81. The van der Waals surface area contributed by atoms with Gasteiger partial charge < -0.3 is 0 Å². The zero-order chi connectivity index (χ0) is 13.3. The summed E-state index contributed by atoms with van der Waals surface area (Å²) in [7, 11) is 0. The molecule has 1 fully saturated rings. The van der Waals surface area contributed by atoms with Crippen molar-refractivity contribution < 1.29 is 4.79 Å². The standard InChI is InChI=1S/C15H20ClNO/c1-11(17-9-8-15(2,3)10-17)14(18)12-4-6-13(16)7-5-12/h4-7,11H,8-10H2,1-3H3. The summed E-state index contributed by atoms with van der Waals surface area (Å²) in [5.74, 6) is 0.185. The molecule has 1 aromatic rings. The van der Waals surface area contributed by atoms with Crippen LogP contribution in [-0.2, 0) is 0 Å². The largest absolute Gasteiger partial charge is 0.293 e. The topological polar surface area (TPSA) is 20.3 Å². The molecule has 1 aromatic carbocycles. The number of hydrogen-bond donors (Lipinski definition) is 0. The van der Waals surface area contributed by atoms with Crippen LogP contribution in [0.15, 0.2) is 24.3 Å². The number of ketones is 1. The third-order valence-corrected chi connectivity index (χ3v) is 4.01. The smallest absolute Gasteiger partial charge is 0.179 e. The van der Waals surface area contributed by atoms with E-state index in [1.807, 2.05) is 19.1 Å². The number of carbonyl (C=O) groups excluding carboxylic acids is 1. The minimum Gasteiger partial charge on any atom is -0.293 e. The summed E-state index contributed by atoms with van der Waals surface area (Å²) >= 11 is 5.84. The molecule has 1 aliphatic rings. The van der Waals surface area contributed by atoms with Crippen LogP contribution >= 0.6 is 11.6 Å². The maximum absolute atomic E-state index is 12.4. The molecule has 0 aliphatic carbocycles. The van der Waals surface area contributed by atoms with E-state index in [1.165, 1.54) is 0 Å². The Morgan fingerprint density at radius 3 is 2.44 bits per heavy atom. The minimum atomic E-state index is -0.0482. The van der Waals surface area contributed by atoms with Crippen molar-refractivity contribution in [1.82, 2.24) is 4.90 Å². The van der Waals surface area contributed by atoms with Crippen LogP contribution in [0.3, 0.4) is 0 Å². The number of halogens is 1. The fraction of sp³-hybridized carbons (Fsp3) is 0.533. The molecule has 1 saturated heterocycles. The Hall–Kier alpha value is -0.860. The lowest BCUT2D eigenvalue weighted by Gasteiger charge is -2.25. The Morgan fingerprint density at radius 1 is 1.33 bits per heavy atom. The first-order chi connectivity index (χ1) is 8.39. The molecule has 2 nitrogen and oxygen atoms in total. The lowest BCUT2D eigenvalue weighted by atomic mass is 9.93. The molecular weight excluding hydrogens is 246 g/mol. The zero-order valence-corrected chi connectivity index (χ0v) is 12.0. The van der Waals surface area contributed by atoms with Gasteiger partial charge in [-0.1, -0.05) is 25.4 Å². The van der Waals surface area contributed by atoms with Crippen LogP contribution in [0.2, 0.25) is 5.02 Å². The maximum atomic E-state index is 12.4. The van der Waals surface area contributed by atoms with Gasteiger partial charge in [0, 0.05) is 17.1 Å². The lowest BCUT2D eigenvalue weighted by molar-refractivity contribution is 0.0857. The number of likely N-dealkylation sites (tertiary alicyclic amines) is 1. The van der Waals surface area contributed by atoms with Crippen molar-refractivity contribution in [1.29, 1.82) is 0 Å². The molecule has 0 N–H and O–H groups in total. The molecule has 2 rings (SSSR count). The number of rotatable bonds is 3. The average Bonchev–Trinajstić information content (AvgIpc) is 2.69. The van der Waals surface area contributed by atoms with Crippen molar-refractivity contribution in [3.05, 3.63) is 34.9 Å². The first-order valence-electron chi connectivity index (χ1n) is 6.43. The van der Waals surface area contributed by atoms with Gasteiger partial charge in [-0.05, 0) is 49.6 Å². The summed E-state index contributed by atoms with van der Waals surface area (Å²) in [5.41, 5.74) is 1.07. The molecule has 1 heterocycles. The third-order valence-electron chi connectivity index (χ3n) is 3.76. The van der Waals surface area contributed by atoms with Crippen LogP contribution in [0.25, 0.3) is 0 Å². The van der Waals surface area contributed by atoms with Gasteiger partial charge in [0.05, 0.1) is 6.04 Å². The van der Waals surface area contributed by atoms with Crippen LogP contribution < -0.4 is 0 Å². The van der Waals surface area contributed by atoms with Crippen molar-refractivity contribution in [3.63, 3.8) is 0 Å². The van der Waals surface area contributed by atoms with Gasteiger partial charge in [0.25, 0.3) is 0 Å². The van der Waals surface area contributed by atoms with Crippen molar-refractivity contribution in [2.24, 2.45) is 5.41 Å². The van der Waals surface area contributed by atoms with Crippen LogP contribution in [0, 0.1) is 5.41 Å². The first kappa shape index (κ1) is 13.6. The summed E-state index contributed by atoms with van der Waals surface area (Å²) in [6.07, 6.45) is 1.16. The Bertz CT molecular complexity index is 438. The van der Waals surface area contributed by atoms with Gasteiger partial charge in [0.15, 0.2) is 5.78 Å². The van der Waals surface area contributed by atoms with Gasteiger partial charge in [-0.15, -0.1) is 0 Å². The number of carbonyl (C=O) groups is 1. The van der Waals surface area contributed by atoms with Gasteiger partial charge in [-0.2, -0.15) is 0 Å². The Morgan fingerprint density at radius 2 is 1.94 bits per heavy atom. The summed E-state index contributed by atoms with van der Waals surface area (Å²) in [5, 5.41) is 0.668. The highest BCUT2D eigenvalue weighted by Gasteiger charge is 2.34. The van der Waals surface area contributed by atoms with Gasteiger partial charge in [0.1, 0.15) is 0 Å². The SMILES string of the molecule is CC(C(=O)c1ccc(Cl)cc1)N1CCC(C)(C)C1. The summed E-state index contributed by atoms with van der Waals surface area (Å²) in [6, 6.07) is 7.11. The van der Waals surface area contributed by atoms with E-state index in [-0.39, 0.29) is 11.8 Å². The molecule has 0 aromatic heterocycles. The zero-order valence-electron chi connectivity index (χ0n) is 11.2. The molecular formula is C15H20ClNO. The van der Waals surface area contributed by atoms with E-state index in [2.05, 4.69) is 18.7 Å². The van der Waals surface area contributed by atoms with Crippen molar-refractivity contribution >= 4 is 17.4 Å². The summed E-state index contributed by atoms with van der Waals surface area (Å²) in [6.45, 7) is 8.51. The van der Waals surface area contributed by atoms with Crippen molar-refractivity contribution in [2.45, 2.75) is 33.2 Å². The van der Waals surface area contributed by atoms with E-state index in [0.717, 1.165) is 25.1 Å². The molecule has 0 bridgehead atoms. The number of Topliss-reactive ketones (excluding diaryl/α,β-unsaturated/α-hetero) is 1. The van der Waals surface area contributed by atoms with E-state index in [1.54, 1.807) is 12.1 Å². The van der Waals surface area contributed by atoms with E-state index < -0.39 is 0 Å². The minimum absolute atomic E-state index is 0.0482. The van der Waals surface area contributed by atoms with Crippen molar-refractivity contribution in [2.75, 3.05) is 13.1 Å². The second kappa shape index (κ2) is 5.02. The van der Waals surface area contributed by atoms with Crippen LogP contribution in [0.5, 0.6) is 0 Å². The normalized spacial score (nSPS) is 20.9. The summed E-state index contributed by atoms with van der Waals surface area (Å²) in [4.78, 5) is 14.6. The van der Waals surface area contributed by atoms with Crippen LogP contribution in [0.4, 0.5) is 0 Å². The third kappa shape index (κ3) is 2.93. The number of benzene rings is 1. The van der Waals surface area contributed by atoms with Gasteiger partial charge >= 0.3 is 0 Å². The molecule has 0 radical (unpaired) electrons. The molecule has 0 amide bonds. The molecule has 18 heavy (non-hydrogen) atoms. The van der Waals surface area contributed by atoms with Gasteiger partial charge in [-0.3, -0.25) is 9.69 Å². The van der Waals surface area contributed by atoms with E-state index >= 15 is 0 Å². The predicted octanol–water partition coefficient (Wildman–Crippen LogP) is 3.64. The van der Waals surface area contributed by atoms with Crippen LogP contribution in [0.1, 0.15) is 37.6 Å². The molecule has 1 aliphatic heterocycles. The highest BCUT2D eigenvalue weighted by molar-refractivity contribution is 6.30. The molecule has 0 saturated carbocycles. The molecule has 98 valence electrons. The highest BCUT2D eigenvalue weighted by Crippen LogP contribution is 2.30. The number of nitrogens with zero attached hydrogens (tertiary/aromatic N) is 1. The Kier molecular flexibility index (Phi) is 3.79. The molecule has 1 unspecified atom stereocenters. The molecule has 0 spiro atoms. The lowest BCUT2D eigenvalue weighted by Crippen LogP contribution is -2.38.